The van der Waals surface area contributed by atoms with E-state index >= 15 is 0 Å². The summed E-state index contributed by atoms with van der Waals surface area (Å²) in [6.45, 7) is 9.52. The number of aryl methyl sites for hydroxylation is 1. The van der Waals surface area contributed by atoms with Crippen LogP contribution in [0, 0.1) is 12.8 Å². The van der Waals surface area contributed by atoms with Crippen LogP contribution >= 0.6 is 0 Å². The molecule has 0 aromatic heterocycles. The van der Waals surface area contributed by atoms with Crippen molar-refractivity contribution >= 4 is 0 Å². The predicted octanol–water partition coefficient (Wildman–Crippen LogP) is 3.32. The minimum atomic E-state index is 0.359. The van der Waals surface area contributed by atoms with Gasteiger partial charge in [0, 0.05) is 19.2 Å². The summed E-state index contributed by atoms with van der Waals surface area (Å²) in [4.78, 5) is 0. The highest BCUT2D eigenvalue weighted by Gasteiger charge is 2.16. The van der Waals surface area contributed by atoms with Crippen LogP contribution in [0.15, 0.2) is 24.3 Å². The molecule has 0 saturated heterocycles. The summed E-state index contributed by atoms with van der Waals surface area (Å²) in [5.74, 6) is 0.572. The maximum atomic E-state index is 5.26. The van der Waals surface area contributed by atoms with E-state index in [2.05, 4.69) is 57.3 Å². The number of benzene rings is 1. The van der Waals surface area contributed by atoms with Crippen molar-refractivity contribution < 1.29 is 4.74 Å². The van der Waals surface area contributed by atoms with Gasteiger partial charge in [-0.3, -0.25) is 0 Å². The van der Waals surface area contributed by atoms with Gasteiger partial charge in [0.05, 0.1) is 6.61 Å². The fraction of sp³-hybridized carbons (Fsp3) is 0.600. The summed E-state index contributed by atoms with van der Waals surface area (Å²) in [5.41, 5.74) is 2.63. The van der Waals surface area contributed by atoms with Gasteiger partial charge in [-0.2, -0.15) is 0 Å². The van der Waals surface area contributed by atoms with Gasteiger partial charge in [-0.15, -0.1) is 0 Å². The molecule has 0 radical (unpaired) electrons. The van der Waals surface area contributed by atoms with Crippen LogP contribution in [0.1, 0.15) is 37.9 Å². The van der Waals surface area contributed by atoms with Gasteiger partial charge in [0.15, 0.2) is 0 Å². The average molecular weight is 235 g/mol. The molecule has 0 heterocycles. The molecular formula is C15H25NO. The molecule has 0 amide bonds. The second-order valence-corrected chi connectivity index (χ2v) is 5.10. The van der Waals surface area contributed by atoms with Crippen molar-refractivity contribution in [3.05, 3.63) is 35.4 Å². The molecular weight excluding hydrogens is 210 g/mol. The van der Waals surface area contributed by atoms with Crippen LogP contribution in [0.2, 0.25) is 0 Å². The monoisotopic (exact) mass is 235 g/mol. The topological polar surface area (TPSA) is 21.3 Å². The Kier molecular flexibility index (Phi) is 5.66. The molecule has 1 unspecified atom stereocenters. The molecule has 2 heteroatoms. The summed E-state index contributed by atoms with van der Waals surface area (Å²) in [7, 11) is 1.76. The van der Waals surface area contributed by atoms with E-state index in [1.807, 2.05) is 0 Å². The summed E-state index contributed by atoms with van der Waals surface area (Å²) in [6.07, 6.45) is 0. The van der Waals surface area contributed by atoms with Crippen LogP contribution < -0.4 is 5.32 Å². The van der Waals surface area contributed by atoms with Gasteiger partial charge in [-0.1, -0.05) is 43.7 Å². The Balaban J connectivity index is 2.63. The predicted molar refractivity (Wildman–Crippen MR) is 73.2 cm³/mol. The first-order valence-electron chi connectivity index (χ1n) is 6.36. The molecule has 0 spiro atoms. The Morgan fingerprint density at radius 2 is 1.71 bits per heavy atom. The lowest BCUT2D eigenvalue weighted by atomic mass is 10.0. The van der Waals surface area contributed by atoms with Crippen LogP contribution in [0.5, 0.6) is 0 Å². The molecule has 0 aliphatic rings. The van der Waals surface area contributed by atoms with Crippen molar-refractivity contribution in [1.82, 2.24) is 5.32 Å². The van der Waals surface area contributed by atoms with E-state index in [4.69, 9.17) is 4.74 Å². The van der Waals surface area contributed by atoms with E-state index in [0.29, 0.717) is 18.0 Å². The molecule has 0 bridgehead atoms. The average Bonchev–Trinajstić information content (AvgIpc) is 2.29. The fourth-order valence-electron chi connectivity index (χ4n) is 1.89. The number of rotatable bonds is 6. The third-order valence-corrected chi connectivity index (χ3v) is 3.19. The highest BCUT2D eigenvalue weighted by atomic mass is 16.5. The van der Waals surface area contributed by atoms with Gasteiger partial charge in [0.25, 0.3) is 0 Å². The standard InChI is InChI=1S/C15H25NO/c1-11(2)15(10-17-5)16-13(4)14-8-6-12(3)7-9-14/h6-9,11,13,15-16H,10H2,1-5H3/t13-,15?/m0/s1. The van der Waals surface area contributed by atoms with Crippen molar-refractivity contribution in [3.8, 4) is 0 Å². The lowest BCUT2D eigenvalue weighted by Gasteiger charge is -2.26. The molecule has 0 fully saturated rings. The molecule has 17 heavy (non-hydrogen) atoms. The first kappa shape index (κ1) is 14.2. The van der Waals surface area contributed by atoms with E-state index in [-0.39, 0.29) is 0 Å². The van der Waals surface area contributed by atoms with Crippen molar-refractivity contribution in [2.24, 2.45) is 5.92 Å². The molecule has 0 saturated carbocycles. The zero-order valence-electron chi connectivity index (χ0n) is 11.7. The summed E-state index contributed by atoms with van der Waals surface area (Å²) in [5, 5.41) is 3.63. The highest BCUT2D eigenvalue weighted by Crippen LogP contribution is 2.15. The third-order valence-electron chi connectivity index (χ3n) is 3.19. The van der Waals surface area contributed by atoms with Gasteiger partial charge in [0.2, 0.25) is 0 Å². The minimum Gasteiger partial charge on any atom is -0.383 e. The lowest BCUT2D eigenvalue weighted by molar-refractivity contribution is 0.141. The number of hydrogen-bond acceptors (Lipinski definition) is 2. The van der Waals surface area contributed by atoms with E-state index in [9.17, 15) is 0 Å². The van der Waals surface area contributed by atoms with E-state index in [0.717, 1.165) is 6.61 Å². The largest absolute Gasteiger partial charge is 0.383 e. The number of hydrogen-bond donors (Lipinski definition) is 1. The molecule has 1 aromatic carbocycles. The van der Waals surface area contributed by atoms with Crippen LogP contribution in [-0.2, 0) is 4.74 Å². The Morgan fingerprint density at radius 1 is 1.12 bits per heavy atom. The second-order valence-electron chi connectivity index (χ2n) is 5.10. The van der Waals surface area contributed by atoms with Crippen molar-refractivity contribution in [2.75, 3.05) is 13.7 Å². The van der Waals surface area contributed by atoms with Gasteiger partial charge >= 0.3 is 0 Å². The SMILES string of the molecule is COCC(N[C@@H](C)c1ccc(C)cc1)C(C)C. The Labute approximate surface area is 105 Å². The van der Waals surface area contributed by atoms with Crippen molar-refractivity contribution in [2.45, 2.75) is 39.8 Å². The van der Waals surface area contributed by atoms with Gasteiger partial charge in [-0.05, 0) is 25.3 Å². The smallest absolute Gasteiger partial charge is 0.0618 e. The Bertz CT molecular complexity index is 318. The fourth-order valence-corrected chi connectivity index (χ4v) is 1.89. The molecule has 0 aliphatic heterocycles. The van der Waals surface area contributed by atoms with Crippen LogP contribution in [0.25, 0.3) is 0 Å². The van der Waals surface area contributed by atoms with E-state index in [1.165, 1.54) is 11.1 Å². The van der Waals surface area contributed by atoms with Gasteiger partial charge < -0.3 is 10.1 Å². The van der Waals surface area contributed by atoms with Crippen LogP contribution in [0.4, 0.5) is 0 Å². The minimum absolute atomic E-state index is 0.359. The number of nitrogens with one attached hydrogen (secondary N) is 1. The van der Waals surface area contributed by atoms with Crippen molar-refractivity contribution in [3.63, 3.8) is 0 Å². The molecule has 2 atom stereocenters. The molecule has 1 aromatic rings. The van der Waals surface area contributed by atoms with Gasteiger partial charge in [-0.25, -0.2) is 0 Å². The summed E-state index contributed by atoms with van der Waals surface area (Å²) < 4.78 is 5.26. The third kappa shape index (κ3) is 4.49. The van der Waals surface area contributed by atoms with Crippen LogP contribution in [0.3, 0.4) is 0 Å². The zero-order chi connectivity index (χ0) is 12.8. The molecule has 1 N–H and O–H groups in total. The van der Waals surface area contributed by atoms with Crippen molar-refractivity contribution in [1.29, 1.82) is 0 Å². The number of methoxy groups -OCH3 is 1. The first-order valence-corrected chi connectivity index (χ1v) is 6.36. The van der Waals surface area contributed by atoms with E-state index in [1.54, 1.807) is 7.11 Å². The second kappa shape index (κ2) is 6.77. The van der Waals surface area contributed by atoms with Crippen LogP contribution in [-0.4, -0.2) is 19.8 Å². The maximum absolute atomic E-state index is 5.26. The summed E-state index contributed by atoms with van der Waals surface area (Å²) in [6, 6.07) is 9.46. The normalized spacial score (nSPS) is 14.9. The highest BCUT2D eigenvalue weighted by molar-refractivity contribution is 5.23. The number of ether oxygens (including phenoxy) is 1. The molecule has 1 rings (SSSR count). The lowest BCUT2D eigenvalue weighted by Crippen LogP contribution is -2.39. The Hall–Kier alpha value is -0.860. The molecule has 0 aliphatic carbocycles. The first-order chi connectivity index (χ1) is 8.04. The quantitative estimate of drug-likeness (QED) is 0.816. The zero-order valence-corrected chi connectivity index (χ0v) is 11.7. The Morgan fingerprint density at radius 3 is 2.18 bits per heavy atom. The summed E-state index contributed by atoms with van der Waals surface area (Å²) >= 11 is 0. The van der Waals surface area contributed by atoms with E-state index < -0.39 is 0 Å². The van der Waals surface area contributed by atoms with Gasteiger partial charge in [0.1, 0.15) is 0 Å². The molecule has 2 nitrogen and oxygen atoms in total. The maximum Gasteiger partial charge on any atom is 0.0618 e. The molecule has 96 valence electrons.